The van der Waals surface area contributed by atoms with Crippen molar-refractivity contribution in [3.8, 4) is 11.3 Å². The fraction of sp³-hybridized carbons (Fsp3) is 0.333. The number of anilines is 2. The van der Waals surface area contributed by atoms with Gasteiger partial charge in [0.1, 0.15) is 23.7 Å². The minimum Gasteiger partial charge on any atom is -0.340 e. The van der Waals surface area contributed by atoms with E-state index in [-0.39, 0.29) is 11.7 Å². The molecule has 0 amide bonds. The SMILES string of the molecule is CCC=O.CN1CCC[C@H](c2nc(Nc3cccc(F)c3)cc(-c3cccnc3)n2)C1. The molecule has 0 bridgehead atoms. The third-order valence-electron chi connectivity index (χ3n) is 4.95. The van der Waals surface area contributed by atoms with Crippen LogP contribution in [0, 0.1) is 5.82 Å². The smallest absolute Gasteiger partial charge is 0.135 e. The summed E-state index contributed by atoms with van der Waals surface area (Å²) in [5, 5.41) is 3.22. The van der Waals surface area contributed by atoms with E-state index in [0.29, 0.717) is 17.9 Å². The third kappa shape index (κ3) is 6.65. The van der Waals surface area contributed by atoms with Crippen LogP contribution >= 0.6 is 0 Å². The van der Waals surface area contributed by atoms with Crippen molar-refractivity contribution in [2.45, 2.75) is 32.1 Å². The fourth-order valence-corrected chi connectivity index (χ4v) is 3.47. The van der Waals surface area contributed by atoms with Gasteiger partial charge in [0.2, 0.25) is 0 Å². The molecule has 2 aromatic heterocycles. The number of carbonyl (C=O) groups excluding carboxylic acids is 1. The van der Waals surface area contributed by atoms with Crippen LogP contribution in [0.5, 0.6) is 0 Å². The number of hydrogen-bond donors (Lipinski definition) is 1. The molecule has 3 aromatic rings. The maximum Gasteiger partial charge on any atom is 0.135 e. The number of likely N-dealkylation sites (N-methyl/N-ethyl adjacent to an activating group) is 1. The van der Waals surface area contributed by atoms with Crippen LogP contribution in [0.1, 0.15) is 37.9 Å². The molecule has 0 radical (unpaired) electrons. The highest BCUT2D eigenvalue weighted by molar-refractivity contribution is 5.65. The molecule has 4 rings (SSSR count). The molecule has 1 aliphatic rings. The quantitative estimate of drug-likeness (QED) is 0.595. The molecule has 1 atom stereocenters. The van der Waals surface area contributed by atoms with Crippen molar-refractivity contribution in [3.63, 3.8) is 0 Å². The number of aromatic nitrogens is 3. The Morgan fingerprint density at radius 1 is 1.23 bits per heavy atom. The Kier molecular flexibility index (Phi) is 8.18. The van der Waals surface area contributed by atoms with E-state index < -0.39 is 0 Å². The monoisotopic (exact) mass is 421 g/mol. The molecule has 31 heavy (non-hydrogen) atoms. The molecule has 0 spiro atoms. The first kappa shape index (κ1) is 22.5. The highest BCUT2D eigenvalue weighted by Gasteiger charge is 2.22. The zero-order valence-corrected chi connectivity index (χ0v) is 18.0. The topological polar surface area (TPSA) is 71.0 Å². The first-order valence-electron chi connectivity index (χ1n) is 10.5. The summed E-state index contributed by atoms with van der Waals surface area (Å²) in [6.45, 7) is 3.86. The van der Waals surface area contributed by atoms with Crippen LogP contribution in [0.3, 0.4) is 0 Å². The maximum atomic E-state index is 13.5. The van der Waals surface area contributed by atoms with Crippen LogP contribution in [0.25, 0.3) is 11.3 Å². The predicted octanol–water partition coefficient (Wildman–Crippen LogP) is 4.83. The minimum atomic E-state index is -0.282. The zero-order valence-electron chi connectivity index (χ0n) is 18.0. The highest BCUT2D eigenvalue weighted by atomic mass is 19.1. The molecule has 1 N–H and O–H groups in total. The number of pyridine rings is 1. The number of hydrogen-bond acceptors (Lipinski definition) is 6. The van der Waals surface area contributed by atoms with Crippen molar-refractivity contribution in [1.29, 1.82) is 0 Å². The van der Waals surface area contributed by atoms with E-state index in [0.717, 1.165) is 49.3 Å². The largest absolute Gasteiger partial charge is 0.340 e. The molecule has 1 aliphatic heterocycles. The van der Waals surface area contributed by atoms with Gasteiger partial charge in [0.15, 0.2) is 0 Å². The van der Waals surface area contributed by atoms with Gasteiger partial charge in [0.05, 0.1) is 5.69 Å². The van der Waals surface area contributed by atoms with E-state index in [1.165, 1.54) is 12.1 Å². The summed E-state index contributed by atoms with van der Waals surface area (Å²) in [5.74, 6) is 1.49. The molecular weight excluding hydrogens is 393 g/mol. The lowest BCUT2D eigenvalue weighted by Gasteiger charge is -2.29. The molecule has 7 heteroatoms. The molecule has 0 saturated carbocycles. The van der Waals surface area contributed by atoms with Gasteiger partial charge in [-0.05, 0) is 56.8 Å². The number of aldehydes is 1. The Morgan fingerprint density at radius 3 is 2.74 bits per heavy atom. The highest BCUT2D eigenvalue weighted by Crippen LogP contribution is 2.28. The lowest BCUT2D eigenvalue weighted by atomic mass is 9.97. The summed E-state index contributed by atoms with van der Waals surface area (Å²) in [6.07, 6.45) is 7.26. The first-order chi connectivity index (χ1) is 15.1. The van der Waals surface area contributed by atoms with E-state index in [1.54, 1.807) is 18.5 Å². The minimum absolute atomic E-state index is 0.282. The zero-order chi connectivity index (χ0) is 22.1. The second-order valence-corrected chi connectivity index (χ2v) is 7.55. The lowest BCUT2D eigenvalue weighted by Crippen LogP contribution is -2.31. The average Bonchev–Trinajstić information content (AvgIpc) is 2.80. The Hall–Kier alpha value is -3.19. The number of likely N-dealkylation sites (tertiary alicyclic amines) is 1. The van der Waals surface area contributed by atoms with Crippen LogP contribution in [-0.2, 0) is 4.79 Å². The number of nitrogens with one attached hydrogen (secondary N) is 1. The van der Waals surface area contributed by atoms with Gasteiger partial charge < -0.3 is 15.0 Å². The molecule has 0 unspecified atom stereocenters. The summed E-state index contributed by atoms with van der Waals surface area (Å²) in [4.78, 5) is 25.3. The Bertz CT molecular complexity index is 983. The van der Waals surface area contributed by atoms with Crippen LogP contribution < -0.4 is 5.32 Å². The second kappa shape index (κ2) is 11.3. The lowest BCUT2D eigenvalue weighted by molar-refractivity contribution is -0.107. The molecule has 1 fully saturated rings. The first-order valence-corrected chi connectivity index (χ1v) is 10.5. The average molecular weight is 422 g/mol. The number of nitrogens with zero attached hydrogens (tertiary/aromatic N) is 4. The van der Waals surface area contributed by atoms with Crippen molar-refractivity contribution in [2.24, 2.45) is 0 Å². The van der Waals surface area contributed by atoms with E-state index in [4.69, 9.17) is 9.97 Å². The fourth-order valence-electron chi connectivity index (χ4n) is 3.47. The summed E-state index contributed by atoms with van der Waals surface area (Å²) < 4.78 is 13.5. The van der Waals surface area contributed by atoms with Gasteiger partial charge in [-0.15, -0.1) is 0 Å². The maximum absolute atomic E-state index is 13.5. The van der Waals surface area contributed by atoms with Gasteiger partial charge in [-0.2, -0.15) is 0 Å². The molecule has 0 aliphatic carbocycles. The molecule has 3 heterocycles. The second-order valence-electron chi connectivity index (χ2n) is 7.55. The van der Waals surface area contributed by atoms with E-state index in [2.05, 4.69) is 22.2 Å². The number of benzene rings is 1. The number of carbonyl (C=O) groups is 1. The van der Waals surface area contributed by atoms with Crippen LogP contribution in [-0.4, -0.2) is 46.3 Å². The number of piperidine rings is 1. The van der Waals surface area contributed by atoms with Crippen molar-refractivity contribution in [3.05, 3.63) is 66.5 Å². The summed E-state index contributed by atoms with van der Waals surface area (Å²) in [5.41, 5.74) is 2.42. The molecular formula is C24H28FN5O. The Morgan fingerprint density at radius 2 is 2.06 bits per heavy atom. The van der Waals surface area contributed by atoms with Gasteiger partial charge in [0, 0.05) is 48.6 Å². The van der Waals surface area contributed by atoms with Crippen LogP contribution in [0.2, 0.25) is 0 Å². The Balaban J connectivity index is 0.000000628. The predicted molar refractivity (Wildman–Crippen MR) is 121 cm³/mol. The number of rotatable bonds is 5. The van der Waals surface area contributed by atoms with Crippen LogP contribution in [0.15, 0.2) is 54.9 Å². The van der Waals surface area contributed by atoms with E-state index in [9.17, 15) is 9.18 Å². The van der Waals surface area contributed by atoms with Gasteiger partial charge in [-0.25, -0.2) is 14.4 Å². The van der Waals surface area contributed by atoms with E-state index >= 15 is 0 Å². The Labute approximate surface area is 182 Å². The van der Waals surface area contributed by atoms with Crippen molar-refractivity contribution in [1.82, 2.24) is 19.9 Å². The van der Waals surface area contributed by atoms with Crippen LogP contribution in [0.4, 0.5) is 15.9 Å². The van der Waals surface area contributed by atoms with Crippen molar-refractivity contribution >= 4 is 17.8 Å². The van der Waals surface area contributed by atoms with Crippen molar-refractivity contribution in [2.75, 3.05) is 25.5 Å². The molecule has 6 nitrogen and oxygen atoms in total. The third-order valence-corrected chi connectivity index (χ3v) is 4.95. The molecule has 162 valence electrons. The van der Waals surface area contributed by atoms with Gasteiger partial charge in [0.25, 0.3) is 0 Å². The normalized spacial score (nSPS) is 16.2. The summed E-state index contributed by atoms with van der Waals surface area (Å²) in [7, 11) is 2.13. The van der Waals surface area contributed by atoms with E-state index in [1.807, 2.05) is 31.2 Å². The van der Waals surface area contributed by atoms with Gasteiger partial charge >= 0.3 is 0 Å². The van der Waals surface area contributed by atoms with Crippen molar-refractivity contribution < 1.29 is 9.18 Å². The number of halogens is 1. The summed E-state index contributed by atoms with van der Waals surface area (Å²) in [6, 6.07) is 12.2. The standard InChI is InChI=1S/C21H22FN5.C3H6O/c1-27-10-4-6-16(14-27)21-25-19(15-5-3-9-23-13-15)12-20(26-21)24-18-8-2-7-17(22)11-18;1-2-3-4/h2-3,5,7-9,11-13,16H,4,6,10,14H2,1H3,(H,24,25,26);3H,2H2,1H3/t16-;/m0./s1. The molecule has 1 aromatic carbocycles. The van der Waals surface area contributed by atoms with Gasteiger partial charge in [-0.3, -0.25) is 4.98 Å². The van der Waals surface area contributed by atoms with Gasteiger partial charge in [-0.1, -0.05) is 13.0 Å². The summed E-state index contributed by atoms with van der Waals surface area (Å²) >= 11 is 0. The molecule has 1 saturated heterocycles.